The number of methoxy groups -OCH3 is 2. The lowest BCUT2D eigenvalue weighted by molar-refractivity contribution is 0.102. The average molecular weight is 375 g/mol. The van der Waals surface area contributed by atoms with Gasteiger partial charge in [0.2, 0.25) is 5.95 Å². The number of aromatic nitrogens is 2. The molecule has 3 aromatic rings. The van der Waals surface area contributed by atoms with Crippen molar-refractivity contribution in [3.8, 4) is 17.6 Å². The molecule has 8 heteroatoms. The van der Waals surface area contributed by atoms with Crippen LogP contribution in [0, 0.1) is 11.3 Å². The lowest BCUT2D eigenvalue weighted by Crippen LogP contribution is -2.14. The molecule has 0 fully saturated rings. The summed E-state index contributed by atoms with van der Waals surface area (Å²) in [6, 6.07) is 14.1. The summed E-state index contributed by atoms with van der Waals surface area (Å²) in [4.78, 5) is 20.8. The van der Waals surface area contributed by atoms with Gasteiger partial charge < -0.3 is 20.1 Å². The summed E-state index contributed by atoms with van der Waals surface area (Å²) in [5.41, 5.74) is 1.95. The van der Waals surface area contributed by atoms with Crippen LogP contribution >= 0.6 is 0 Å². The quantitative estimate of drug-likeness (QED) is 0.680. The van der Waals surface area contributed by atoms with E-state index in [9.17, 15) is 4.79 Å². The van der Waals surface area contributed by atoms with Crippen LogP contribution in [0.4, 0.5) is 17.3 Å². The van der Waals surface area contributed by atoms with E-state index in [0.29, 0.717) is 34.4 Å². The second kappa shape index (κ2) is 8.51. The highest BCUT2D eigenvalue weighted by atomic mass is 16.5. The van der Waals surface area contributed by atoms with Gasteiger partial charge in [-0.1, -0.05) is 6.07 Å². The molecule has 1 aromatic heterocycles. The maximum Gasteiger partial charge on any atom is 0.258 e. The molecule has 3 rings (SSSR count). The largest absolute Gasteiger partial charge is 0.497 e. The zero-order chi connectivity index (χ0) is 19.9. The van der Waals surface area contributed by atoms with Gasteiger partial charge in [-0.3, -0.25) is 4.79 Å². The molecule has 0 spiro atoms. The van der Waals surface area contributed by atoms with Gasteiger partial charge in [0.05, 0.1) is 37.1 Å². The van der Waals surface area contributed by atoms with Crippen LogP contribution in [0.3, 0.4) is 0 Å². The highest BCUT2D eigenvalue weighted by molar-refractivity contribution is 6.04. The predicted octanol–water partition coefficient (Wildman–Crippen LogP) is 3.36. The molecule has 28 heavy (non-hydrogen) atoms. The van der Waals surface area contributed by atoms with E-state index < -0.39 is 0 Å². The van der Waals surface area contributed by atoms with Crippen LogP contribution in [0.1, 0.15) is 15.9 Å². The van der Waals surface area contributed by atoms with Gasteiger partial charge in [-0.2, -0.15) is 5.26 Å². The molecule has 0 bridgehead atoms. The third-order valence-corrected chi connectivity index (χ3v) is 3.82. The Bertz CT molecular complexity index is 1030. The van der Waals surface area contributed by atoms with Crippen molar-refractivity contribution in [1.29, 1.82) is 5.26 Å². The fraction of sp³-hybridized carbons (Fsp3) is 0.100. The molecule has 0 saturated heterocycles. The standard InChI is InChI=1S/C20H17N5O3/c1-27-16-6-7-18(28-2)17(9-16)25-19(26)14-11-22-20(23-12-14)24-15-5-3-4-13(8-15)10-21/h3-9,11-12H,1-2H3,(H,25,26)(H,22,23,24). The molecule has 2 aromatic carbocycles. The van der Waals surface area contributed by atoms with E-state index >= 15 is 0 Å². The predicted molar refractivity (Wildman–Crippen MR) is 104 cm³/mol. The fourth-order valence-electron chi connectivity index (χ4n) is 2.41. The number of amides is 1. The molecule has 1 amide bonds. The van der Waals surface area contributed by atoms with E-state index in [-0.39, 0.29) is 11.5 Å². The molecule has 140 valence electrons. The van der Waals surface area contributed by atoms with Gasteiger partial charge >= 0.3 is 0 Å². The Morgan fingerprint density at radius 2 is 1.86 bits per heavy atom. The Hall–Kier alpha value is -4.12. The molecule has 0 aliphatic rings. The second-order valence-electron chi connectivity index (χ2n) is 5.63. The minimum Gasteiger partial charge on any atom is -0.497 e. The van der Waals surface area contributed by atoms with E-state index in [1.165, 1.54) is 19.5 Å². The molecule has 0 unspecified atom stereocenters. The molecule has 0 radical (unpaired) electrons. The van der Waals surface area contributed by atoms with Crippen LogP contribution in [0.5, 0.6) is 11.5 Å². The summed E-state index contributed by atoms with van der Waals surface area (Å²) in [5, 5.41) is 14.7. The number of hydrogen-bond acceptors (Lipinski definition) is 7. The molecule has 2 N–H and O–H groups in total. The van der Waals surface area contributed by atoms with Gasteiger partial charge in [0, 0.05) is 24.1 Å². The smallest absolute Gasteiger partial charge is 0.258 e. The lowest BCUT2D eigenvalue weighted by Gasteiger charge is -2.12. The normalized spacial score (nSPS) is 9.89. The number of nitrogens with one attached hydrogen (secondary N) is 2. The number of carbonyl (C=O) groups is 1. The topological polar surface area (TPSA) is 109 Å². The van der Waals surface area contributed by atoms with E-state index in [1.807, 2.05) is 0 Å². The van der Waals surface area contributed by atoms with Crippen LogP contribution < -0.4 is 20.1 Å². The van der Waals surface area contributed by atoms with E-state index in [1.54, 1.807) is 49.6 Å². The maximum absolute atomic E-state index is 12.5. The fourth-order valence-corrected chi connectivity index (χ4v) is 2.41. The van der Waals surface area contributed by atoms with Crippen LogP contribution in [-0.2, 0) is 0 Å². The molecular weight excluding hydrogens is 358 g/mol. The van der Waals surface area contributed by atoms with Crippen LogP contribution in [0.25, 0.3) is 0 Å². The Labute approximate surface area is 161 Å². The number of rotatable bonds is 6. The minimum absolute atomic E-state index is 0.279. The minimum atomic E-state index is -0.385. The number of anilines is 3. The summed E-state index contributed by atoms with van der Waals surface area (Å²) in [6.45, 7) is 0. The van der Waals surface area contributed by atoms with Gasteiger partial charge in [0.25, 0.3) is 5.91 Å². The highest BCUT2D eigenvalue weighted by Crippen LogP contribution is 2.29. The molecule has 0 saturated carbocycles. The van der Waals surface area contributed by atoms with Crippen molar-refractivity contribution in [3.63, 3.8) is 0 Å². The van der Waals surface area contributed by atoms with Gasteiger partial charge in [-0.25, -0.2) is 9.97 Å². The van der Waals surface area contributed by atoms with E-state index in [0.717, 1.165) is 0 Å². The van der Waals surface area contributed by atoms with Crippen molar-refractivity contribution in [2.24, 2.45) is 0 Å². The number of nitrogens with zero attached hydrogens (tertiary/aromatic N) is 3. The van der Waals surface area contributed by atoms with Gasteiger partial charge in [0.15, 0.2) is 0 Å². The first-order valence-corrected chi connectivity index (χ1v) is 8.25. The van der Waals surface area contributed by atoms with Gasteiger partial charge in [-0.05, 0) is 30.3 Å². The van der Waals surface area contributed by atoms with Crippen LogP contribution in [-0.4, -0.2) is 30.1 Å². The van der Waals surface area contributed by atoms with E-state index in [4.69, 9.17) is 14.7 Å². The summed E-state index contributed by atoms with van der Waals surface area (Å²) in [6.07, 6.45) is 2.82. The SMILES string of the molecule is COc1ccc(OC)c(NC(=O)c2cnc(Nc3cccc(C#N)c3)nc2)c1. The third-order valence-electron chi connectivity index (χ3n) is 3.82. The summed E-state index contributed by atoms with van der Waals surface area (Å²) >= 11 is 0. The van der Waals surface area contributed by atoms with E-state index in [2.05, 4.69) is 26.7 Å². The number of benzene rings is 2. The number of nitriles is 1. The zero-order valence-electron chi connectivity index (χ0n) is 15.3. The lowest BCUT2D eigenvalue weighted by atomic mass is 10.2. The van der Waals surface area contributed by atoms with Crippen molar-refractivity contribution in [2.45, 2.75) is 0 Å². The molecular formula is C20H17N5O3. The first kappa shape index (κ1) is 18.7. The Morgan fingerprint density at radius 3 is 2.54 bits per heavy atom. The summed E-state index contributed by atoms with van der Waals surface area (Å²) in [7, 11) is 3.06. The third kappa shape index (κ3) is 4.34. The number of ether oxygens (including phenoxy) is 2. The summed E-state index contributed by atoms with van der Waals surface area (Å²) in [5.74, 6) is 1.02. The molecule has 8 nitrogen and oxygen atoms in total. The summed E-state index contributed by atoms with van der Waals surface area (Å²) < 4.78 is 10.4. The van der Waals surface area contributed by atoms with Crippen molar-refractivity contribution >= 4 is 23.2 Å². The Morgan fingerprint density at radius 1 is 1.07 bits per heavy atom. The molecule has 0 aliphatic carbocycles. The van der Waals surface area contributed by atoms with Crippen LogP contribution in [0.15, 0.2) is 54.9 Å². The maximum atomic E-state index is 12.5. The number of hydrogen-bond donors (Lipinski definition) is 2. The second-order valence-corrected chi connectivity index (χ2v) is 5.63. The molecule has 0 atom stereocenters. The molecule has 0 aliphatic heterocycles. The van der Waals surface area contributed by atoms with Gasteiger partial charge in [-0.15, -0.1) is 0 Å². The Balaban J connectivity index is 1.73. The molecule has 1 heterocycles. The van der Waals surface area contributed by atoms with Crippen LogP contribution in [0.2, 0.25) is 0 Å². The highest BCUT2D eigenvalue weighted by Gasteiger charge is 2.12. The van der Waals surface area contributed by atoms with Crippen molar-refractivity contribution in [3.05, 3.63) is 66.0 Å². The van der Waals surface area contributed by atoms with Crippen molar-refractivity contribution in [2.75, 3.05) is 24.9 Å². The van der Waals surface area contributed by atoms with Crippen molar-refractivity contribution < 1.29 is 14.3 Å². The first-order chi connectivity index (χ1) is 13.6. The van der Waals surface area contributed by atoms with Crippen molar-refractivity contribution in [1.82, 2.24) is 9.97 Å². The van der Waals surface area contributed by atoms with Gasteiger partial charge in [0.1, 0.15) is 11.5 Å². The average Bonchev–Trinajstić information content (AvgIpc) is 2.74. The Kier molecular flexibility index (Phi) is 5.67. The zero-order valence-corrected chi connectivity index (χ0v) is 15.3. The monoisotopic (exact) mass is 375 g/mol. The number of carbonyl (C=O) groups excluding carboxylic acids is 1. The first-order valence-electron chi connectivity index (χ1n) is 8.25.